The van der Waals surface area contributed by atoms with Gasteiger partial charge >= 0.3 is 5.97 Å². The Kier molecular flexibility index (Phi) is 4.36. The fraction of sp³-hybridized carbons (Fsp3) is 0.923. The normalized spacial score (nSPS) is 21.2. The molecular weight excluding hydrogens is 202 g/mol. The second kappa shape index (κ2) is 5.17. The van der Waals surface area contributed by atoms with Crippen molar-refractivity contribution in [3.8, 4) is 0 Å². The molecule has 3 nitrogen and oxygen atoms in total. The van der Waals surface area contributed by atoms with Crippen LogP contribution in [0.1, 0.15) is 58.8 Å². The highest BCUT2D eigenvalue weighted by atomic mass is 16.5. The van der Waals surface area contributed by atoms with E-state index in [1.165, 1.54) is 32.8 Å². The number of ether oxygens (including phenoxy) is 1. The predicted octanol–water partition coefficient (Wildman–Crippen LogP) is 2.63. The zero-order valence-electron chi connectivity index (χ0n) is 10.8. The SMILES string of the molecule is COC(=O)CC1(C(C)(C)N)CCCCCC1. The monoisotopic (exact) mass is 227 g/mol. The first-order valence-electron chi connectivity index (χ1n) is 6.27. The fourth-order valence-corrected chi connectivity index (χ4v) is 2.80. The van der Waals surface area contributed by atoms with Crippen LogP contribution in [0.15, 0.2) is 0 Å². The standard InChI is InChI=1S/C13H25NO2/c1-12(2,14)13(10-11(15)16-3)8-6-4-5-7-9-13/h4-10,14H2,1-3H3. The molecule has 3 heteroatoms. The van der Waals surface area contributed by atoms with Gasteiger partial charge in [0.1, 0.15) is 0 Å². The molecule has 1 rings (SSSR count). The van der Waals surface area contributed by atoms with Gasteiger partial charge in [0.05, 0.1) is 13.5 Å². The molecule has 1 fully saturated rings. The van der Waals surface area contributed by atoms with Gasteiger partial charge in [-0.05, 0) is 32.1 Å². The van der Waals surface area contributed by atoms with Crippen LogP contribution in [0, 0.1) is 5.41 Å². The predicted molar refractivity (Wildman–Crippen MR) is 65.0 cm³/mol. The van der Waals surface area contributed by atoms with Crippen molar-refractivity contribution >= 4 is 5.97 Å². The van der Waals surface area contributed by atoms with E-state index in [9.17, 15) is 4.79 Å². The first-order valence-corrected chi connectivity index (χ1v) is 6.27. The molecule has 0 amide bonds. The van der Waals surface area contributed by atoms with Crippen molar-refractivity contribution in [3.63, 3.8) is 0 Å². The Hall–Kier alpha value is -0.570. The molecule has 1 saturated carbocycles. The van der Waals surface area contributed by atoms with Crippen molar-refractivity contribution in [1.82, 2.24) is 0 Å². The summed E-state index contributed by atoms with van der Waals surface area (Å²) in [5.74, 6) is -0.125. The summed E-state index contributed by atoms with van der Waals surface area (Å²) < 4.78 is 4.82. The first-order chi connectivity index (χ1) is 7.41. The lowest BCUT2D eigenvalue weighted by atomic mass is 9.65. The quantitative estimate of drug-likeness (QED) is 0.595. The molecule has 1 aliphatic carbocycles. The Morgan fingerprint density at radius 3 is 2.12 bits per heavy atom. The molecule has 0 heterocycles. The lowest BCUT2D eigenvalue weighted by Crippen LogP contribution is -2.51. The Balaban J connectivity index is 2.86. The summed E-state index contributed by atoms with van der Waals surface area (Å²) in [7, 11) is 1.45. The Labute approximate surface area is 98.7 Å². The molecular formula is C13H25NO2. The van der Waals surface area contributed by atoms with Gasteiger partial charge in [-0.1, -0.05) is 25.7 Å². The molecule has 0 aromatic heterocycles. The van der Waals surface area contributed by atoms with Gasteiger partial charge in [-0.2, -0.15) is 0 Å². The third-order valence-electron chi connectivity index (χ3n) is 4.14. The number of methoxy groups -OCH3 is 1. The van der Waals surface area contributed by atoms with Crippen LogP contribution < -0.4 is 5.73 Å². The molecule has 0 saturated heterocycles. The summed E-state index contributed by atoms with van der Waals surface area (Å²) in [6.45, 7) is 4.09. The van der Waals surface area contributed by atoms with Gasteiger partial charge in [0, 0.05) is 5.54 Å². The second-order valence-corrected chi connectivity index (χ2v) is 5.67. The van der Waals surface area contributed by atoms with Crippen molar-refractivity contribution in [3.05, 3.63) is 0 Å². The van der Waals surface area contributed by atoms with E-state index in [0.717, 1.165) is 12.8 Å². The van der Waals surface area contributed by atoms with E-state index >= 15 is 0 Å². The summed E-state index contributed by atoms with van der Waals surface area (Å²) in [5, 5.41) is 0. The van der Waals surface area contributed by atoms with E-state index in [1.54, 1.807) is 0 Å². The molecule has 1 aliphatic rings. The van der Waals surface area contributed by atoms with E-state index in [-0.39, 0.29) is 16.9 Å². The van der Waals surface area contributed by atoms with E-state index in [0.29, 0.717) is 6.42 Å². The first kappa shape index (κ1) is 13.5. The van der Waals surface area contributed by atoms with Crippen LogP contribution in [-0.4, -0.2) is 18.6 Å². The molecule has 2 N–H and O–H groups in total. The van der Waals surface area contributed by atoms with Crippen LogP contribution >= 0.6 is 0 Å². The zero-order chi connectivity index (χ0) is 12.2. The van der Waals surface area contributed by atoms with E-state index in [4.69, 9.17) is 10.5 Å². The Morgan fingerprint density at radius 1 is 1.25 bits per heavy atom. The lowest BCUT2D eigenvalue weighted by molar-refractivity contribution is -0.145. The lowest BCUT2D eigenvalue weighted by Gasteiger charge is -2.43. The van der Waals surface area contributed by atoms with Crippen molar-refractivity contribution in [2.45, 2.75) is 64.3 Å². The summed E-state index contributed by atoms with van der Waals surface area (Å²) in [4.78, 5) is 11.6. The van der Waals surface area contributed by atoms with Gasteiger partial charge in [0.15, 0.2) is 0 Å². The minimum atomic E-state index is -0.314. The zero-order valence-corrected chi connectivity index (χ0v) is 10.8. The number of hydrogen-bond donors (Lipinski definition) is 1. The molecule has 0 aromatic rings. The maximum absolute atomic E-state index is 11.6. The van der Waals surface area contributed by atoms with E-state index in [1.807, 2.05) is 13.8 Å². The molecule has 0 aromatic carbocycles. The maximum atomic E-state index is 11.6. The van der Waals surface area contributed by atoms with E-state index in [2.05, 4.69) is 0 Å². The van der Waals surface area contributed by atoms with Gasteiger partial charge < -0.3 is 10.5 Å². The van der Waals surface area contributed by atoms with Crippen LogP contribution in [0.2, 0.25) is 0 Å². The van der Waals surface area contributed by atoms with Crippen molar-refractivity contribution in [1.29, 1.82) is 0 Å². The average molecular weight is 227 g/mol. The van der Waals surface area contributed by atoms with Crippen LogP contribution in [0.25, 0.3) is 0 Å². The third kappa shape index (κ3) is 2.97. The molecule has 0 unspecified atom stereocenters. The maximum Gasteiger partial charge on any atom is 0.306 e. The van der Waals surface area contributed by atoms with Gasteiger partial charge in [-0.3, -0.25) is 4.79 Å². The molecule has 94 valence electrons. The number of esters is 1. The van der Waals surface area contributed by atoms with Gasteiger partial charge in [0.25, 0.3) is 0 Å². The van der Waals surface area contributed by atoms with Crippen LogP contribution in [0.3, 0.4) is 0 Å². The fourth-order valence-electron chi connectivity index (χ4n) is 2.80. The second-order valence-electron chi connectivity index (χ2n) is 5.67. The number of nitrogens with two attached hydrogens (primary N) is 1. The summed E-state index contributed by atoms with van der Waals surface area (Å²) in [5.41, 5.74) is 5.92. The third-order valence-corrected chi connectivity index (χ3v) is 4.14. The highest BCUT2D eigenvalue weighted by molar-refractivity contribution is 5.70. The largest absolute Gasteiger partial charge is 0.469 e. The van der Waals surface area contributed by atoms with Crippen molar-refractivity contribution < 1.29 is 9.53 Å². The van der Waals surface area contributed by atoms with Crippen molar-refractivity contribution in [2.24, 2.45) is 11.1 Å². The van der Waals surface area contributed by atoms with Crippen LogP contribution in [0.4, 0.5) is 0 Å². The smallest absolute Gasteiger partial charge is 0.306 e. The number of carbonyl (C=O) groups is 1. The van der Waals surface area contributed by atoms with Crippen LogP contribution in [-0.2, 0) is 9.53 Å². The van der Waals surface area contributed by atoms with Gasteiger partial charge in [0.2, 0.25) is 0 Å². The van der Waals surface area contributed by atoms with Crippen LogP contribution in [0.5, 0.6) is 0 Å². The van der Waals surface area contributed by atoms with Gasteiger partial charge in [-0.25, -0.2) is 0 Å². The highest BCUT2D eigenvalue weighted by Gasteiger charge is 2.44. The number of rotatable bonds is 3. The molecule has 16 heavy (non-hydrogen) atoms. The van der Waals surface area contributed by atoms with Gasteiger partial charge in [-0.15, -0.1) is 0 Å². The highest BCUT2D eigenvalue weighted by Crippen LogP contribution is 2.45. The summed E-state index contributed by atoms with van der Waals surface area (Å²) in [6, 6.07) is 0. The molecule has 0 radical (unpaired) electrons. The topological polar surface area (TPSA) is 52.3 Å². The number of hydrogen-bond acceptors (Lipinski definition) is 3. The average Bonchev–Trinajstić information content (AvgIpc) is 2.43. The molecule has 0 aliphatic heterocycles. The van der Waals surface area contributed by atoms with E-state index < -0.39 is 0 Å². The minimum absolute atomic E-state index is 0.0728. The minimum Gasteiger partial charge on any atom is -0.469 e. The Morgan fingerprint density at radius 2 is 1.75 bits per heavy atom. The summed E-state index contributed by atoms with van der Waals surface area (Å²) >= 11 is 0. The van der Waals surface area contributed by atoms with Crippen molar-refractivity contribution in [2.75, 3.05) is 7.11 Å². The molecule has 0 atom stereocenters. The summed E-state index contributed by atoms with van der Waals surface area (Å²) in [6.07, 6.45) is 7.44. The molecule has 0 bridgehead atoms. The Bertz CT molecular complexity index is 235. The number of carbonyl (C=O) groups excluding carboxylic acids is 1. The molecule has 0 spiro atoms.